The van der Waals surface area contributed by atoms with Crippen molar-refractivity contribution in [3.8, 4) is 11.4 Å². The van der Waals surface area contributed by atoms with Crippen LogP contribution in [0.25, 0.3) is 11.4 Å². The molecule has 0 saturated heterocycles. The average Bonchev–Trinajstić information content (AvgIpc) is 2.73. The molecule has 29 heavy (non-hydrogen) atoms. The number of aliphatic carboxylic acids is 1. The van der Waals surface area contributed by atoms with Gasteiger partial charge in [0.05, 0.1) is 4.47 Å². The number of rotatable bonds is 7. The first kappa shape index (κ1) is 20.5. The molecule has 0 bridgehead atoms. The molecule has 0 aliphatic carbocycles. The molecule has 2 N–H and O–H groups in total. The standard InChI is InChI=1S/C21H18BrN3O4/c22-17-11-23-19(24-12-17)16-8-6-14(7-9-16)10-18(20(26)27)25-21(28)29-13-15-4-2-1-3-5-15/h1-9,11-12,18H,10,13H2,(H,25,28)(H,26,27). The molecule has 1 atom stereocenters. The predicted molar refractivity (Wildman–Crippen MR) is 110 cm³/mol. The van der Waals surface area contributed by atoms with Crippen molar-refractivity contribution in [2.24, 2.45) is 0 Å². The van der Waals surface area contributed by atoms with Gasteiger partial charge in [-0.05, 0) is 27.1 Å². The lowest BCUT2D eigenvalue weighted by molar-refractivity contribution is -0.139. The zero-order chi connectivity index (χ0) is 20.6. The molecule has 8 heteroatoms. The van der Waals surface area contributed by atoms with Crippen molar-refractivity contribution < 1.29 is 19.4 Å². The molecule has 0 radical (unpaired) electrons. The third-order valence-corrected chi connectivity index (χ3v) is 4.48. The van der Waals surface area contributed by atoms with E-state index in [1.54, 1.807) is 24.5 Å². The summed E-state index contributed by atoms with van der Waals surface area (Å²) in [6.07, 6.45) is 2.65. The second-order valence-corrected chi connectivity index (χ2v) is 7.14. The lowest BCUT2D eigenvalue weighted by Gasteiger charge is -2.15. The van der Waals surface area contributed by atoms with Gasteiger partial charge >= 0.3 is 12.1 Å². The van der Waals surface area contributed by atoms with E-state index >= 15 is 0 Å². The van der Waals surface area contributed by atoms with Gasteiger partial charge in [0.1, 0.15) is 12.6 Å². The minimum atomic E-state index is -1.14. The molecule has 0 aliphatic heterocycles. The number of ether oxygens (including phenoxy) is 1. The Morgan fingerprint density at radius 3 is 2.28 bits per heavy atom. The second kappa shape index (κ2) is 9.79. The van der Waals surface area contributed by atoms with E-state index in [-0.39, 0.29) is 13.0 Å². The van der Waals surface area contributed by atoms with Crippen LogP contribution in [0.3, 0.4) is 0 Å². The van der Waals surface area contributed by atoms with Crippen molar-refractivity contribution >= 4 is 28.0 Å². The van der Waals surface area contributed by atoms with Crippen LogP contribution in [0.4, 0.5) is 4.79 Å². The molecule has 1 unspecified atom stereocenters. The van der Waals surface area contributed by atoms with Gasteiger partial charge in [-0.3, -0.25) is 0 Å². The van der Waals surface area contributed by atoms with Gasteiger partial charge in [-0.25, -0.2) is 19.6 Å². The number of halogens is 1. The normalized spacial score (nSPS) is 11.5. The largest absolute Gasteiger partial charge is 0.480 e. The Kier molecular flexibility index (Phi) is 6.91. The summed E-state index contributed by atoms with van der Waals surface area (Å²) in [5.74, 6) is -0.570. The summed E-state index contributed by atoms with van der Waals surface area (Å²) in [6.45, 7) is 0.0703. The molecular formula is C21H18BrN3O4. The lowest BCUT2D eigenvalue weighted by Crippen LogP contribution is -2.42. The Bertz CT molecular complexity index is 963. The number of carboxylic acid groups (broad SMARTS) is 1. The number of hydrogen-bond acceptors (Lipinski definition) is 5. The lowest BCUT2D eigenvalue weighted by atomic mass is 10.0. The van der Waals surface area contributed by atoms with Crippen molar-refractivity contribution in [2.45, 2.75) is 19.1 Å². The first-order valence-corrected chi connectivity index (χ1v) is 9.57. The van der Waals surface area contributed by atoms with E-state index in [0.717, 1.165) is 21.2 Å². The first-order valence-electron chi connectivity index (χ1n) is 8.78. The highest BCUT2D eigenvalue weighted by Crippen LogP contribution is 2.17. The third kappa shape index (κ3) is 6.11. The van der Waals surface area contributed by atoms with Gasteiger partial charge in [0.2, 0.25) is 0 Å². The molecule has 7 nitrogen and oxygen atoms in total. The highest BCUT2D eigenvalue weighted by atomic mass is 79.9. The summed E-state index contributed by atoms with van der Waals surface area (Å²) in [7, 11) is 0. The van der Waals surface area contributed by atoms with Crippen molar-refractivity contribution in [1.82, 2.24) is 15.3 Å². The van der Waals surface area contributed by atoms with Crippen LogP contribution < -0.4 is 5.32 Å². The number of benzene rings is 2. The van der Waals surface area contributed by atoms with Crippen molar-refractivity contribution in [3.63, 3.8) is 0 Å². The number of carbonyl (C=O) groups is 2. The summed E-state index contributed by atoms with van der Waals surface area (Å²) >= 11 is 3.29. The number of amides is 1. The molecule has 2 aromatic carbocycles. The Hall–Kier alpha value is -3.26. The third-order valence-electron chi connectivity index (χ3n) is 4.08. The summed E-state index contributed by atoms with van der Waals surface area (Å²) in [4.78, 5) is 32.0. The molecule has 0 saturated carbocycles. The molecule has 0 aliphatic rings. The van der Waals surface area contributed by atoms with E-state index in [1.165, 1.54) is 0 Å². The minimum absolute atomic E-state index is 0.0703. The Balaban J connectivity index is 1.59. The SMILES string of the molecule is O=C(NC(Cc1ccc(-c2ncc(Br)cn2)cc1)C(=O)O)OCc1ccccc1. The fourth-order valence-electron chi connectivity index (χ4n) is 2.59. The molecular weight excluding hydrogens is 438 g/mol. The van der Waals surface area contributed by atoms with Gasteiger partial charge in [0.25, 0.3) is 0 Å². The predicted octanol–water partition coefficient (Wildman–Crippen LogP) is 3.83. The van der Waals surface area contributed by atoms with Crippen LogP contribution in [0.5, 0.6) is 0 Å². The molecule has 3 aromatic rings. The maximum absolute atomic E-state index is 12.0. The van der Waals surface area contributed by atoms with Gasteiger partial charge < -0.3 is 15.2 Å². The maximum atomic E-state index is 12.0. The van der Waals surface area contributed by atoms with Gasteiger partial charge in [-0.1, -0.05) is 54.6 Å². The van der Waals surface area contributed by atoms with Gasteiger partial charge in [-0.15, -0.1) is 0 Å². The molecule has 3 rings (SSSR count). The number of nitrogens with zero attached hydrogens (tertiary/aromatic N) is 2. The van der Waals surface area contributed by atoms with Crippen LogP contribution in [0, 0.1) is 0 Å². The van der Waals surface area contributed by atoms with Crippen LogP contribution in [0.1, 0.15) is 11.1 Å². The summed E-state index contributed by atoms with van der Waals surface area (Å²) in [5, 5.41) is 11.8. The number of carboxylic acids is 1. The first-order chi connectivity index (χ1) is 14.0. The minimum Gasteiger partial charge on any atom is -0.480 e. The van der Waals surface area contributed by atoms with Crippen molar-refractivity contribution in [3.05, 3.63) is 82.6 Å². The summed E-state index contributed by atoms with van der Waals surface area (Å²) < 4.78 is 5.88. The van der Waals surface area contributed by atoms with Gasteiger partial charge in [0.15, 0.2) is 5.82 Å². The zero-order valence-electron chi connectivity index (χ0n) is 15.3. The van der Waals surface area contributed by atoms with Crippen molar-refractivity contribution in [2.75, 3.05) is 0 Å². The molecule has 148 valence electrons. The van der Waals surface area contributed by atoms with E-state index in [0.29, 0.717) is 5.82 Å². The van der Waals surface area contributed by atoms with Crippen molar-refractivity contribution in [1.29, 1.82) is 0 Å². The molecule has 0 fully saturated rings. The van der Waals surface area contributed by atoms with E-state index in [9.17, 15) is 14.7 Å². The van der Waals surface area contributed by atoms with Gasteiger partial charge in [0, 0.05) is 24.4 Å². The Labute approximate surface area is 175 Å². The van der Waals surface area contributed by atoms with E-state index < -0.39 is 18.1 Å². The number of alkyl carbamates (subject to hydrolysis) is 1. The van der Waals surface area contributed by atoms with E-state index in [4.69, 9.17) is 4.74 Å². The highest BCUT2D eigenvalue weighted by Gasteiger charge is 2.21. The second-order valence-electron chi connectivity index (χ2n) is 6.22. The smallest absolute Gasteiger partial charge is 0.408 e. The molecule has 1 aromatic heterocycles. The quantitative estimate of drug-likeness (QED) is 0.561. The topological polar surface area (TPSA) is 101 Å². The Morgan fingerprint density at radius 1 is 1.00 bits per heavy atom. The zero-order valence-corrected chi connectivity index (χ0v) is 16.9. The number of aromatic nitrogens is 2. The van der Waals surface area contributed by atoms with Crippen LogP contribution in [0.2, 0.25) is 0 Å². The summed E-state index contributed by atoms with van der Waals surface area (Å²) in [6, 6.07) is 15.2. The molecule has 1 heterocycles. The van der Waals surface area contributed by atoms with E-state index in [1.807, 2.05) is 42.5 Å². The number of nitrogens with one attached hydrogen (secondary N) is 1. The van der Waals surface area contributed by atoms with Crippen LogP contribution >= 0.6 is 15.9 Å². The molecule has 1 amide bonds. The Morgan fingerprint density at radius 2 is 1.66 bits per heavy atom. The van der Waals surface area contributed by atoms with Gasteiger partial charge in [-0.2, -0.15) is 0 Å². The van der Waals surface area contributed by atoms with Crippen LogP contribution in [-0.4, -0.2) is 33.2 Å². The summed E-state index contributed by atoms with van der Waals surface area (Å²) in [5.41, 5.74) is 2.38. The number of carbonyl (C=O) groups excluding carboxylic acids is 1. The van der Waals surface area contributed by atoms with Crippen LogP contribution in [0.15, 0.2) is 71.5 Å². The van der Waals surface area contributed by atoms with E-state index in [2.05, 4.69) is 31.2 Å². The maximum Gasteiger partial charge on any atom is 0.408 e. The highest BCUT2D eigenvalue weighted by molar-refractivity contribution is 9.10. The fourth-order valence-corrected chi connectivity index (χ4v) is 2.80. The average molecular weight is 456 g/mol. The fraction of sp³-hybridized carbons (Fsp3) is 0.143. The van der Waals surface area contributed by atoms with Crippen LogP contribution in [-0.2, 0) is 22.6 Å². The molecule has 0 spiro atoms. The number of hydrogen-bond donors (Lipinski definition) is 2. The monoisotopic (exact) mass is 455 g/mol.